The highest BCUT2D eigenvalue weighted by Gasteiger charge is 2.31. The van der Waals surface area contributed by atoms with Crippen LogP contribution in [0.25, 0.3) is 0 Å². The molecule has 0 radical (unpaired) electrons. The minimum Gasteiger partial charge on any atom is -0.480 e. The highest BCUT2D eigenvalue weighted by atomic mass is 16.4. The van der Waals surface area contributed by atoms with Crippen molar-refractivity contribution >= 4 is 11.9 Å². The van der Waals surface area contributed by atoms with E-state index in [1.54, 1.807) is 4.90 Å². The molecule has 1 saturated carbocycles. The van der Waals surface area contributed by atoms with Gasteiger partial charge in [-0.3, -0.25) is 4.79 Å². The lowest BCUT2D eigenvalue weighted by Gasteiger charge is -2.33. The van der Waals surface area contributed by atoms with E-state index in [9.17, 15) is 9.59 Å². The number of carboxylic acid groups (broad SMARTS) is 1. The summed E-state index contributed by atoms with van der Waals surface area (Å²) in [6, 6.07) is -0.574. The predicted molar refractivity (Wildman–Crippen MR) is 68.2 cm³/mol. The van der Waals surface area contributed by atoms with Crippen LogP contribution in [0.15, 0.2) is 0 Å². The average molecular weight is 253 g/mol. The van der Waals surface area contributed by atoms with Crippen molar-refractivity contribution in [2.45, 2.75) is 63.8 Å². The number of nitrogens with zero attached hydrogens (tertiary/aromatic N) is 1. The topological polar surface area (TPSA) is 57.6 Å². The molecule has 102 valence electrons. The van der Waals surface area contributed by atoms with Crippen LogP contribution in [0.5, 0.6) is 0 Å². The summed E-state index contributed by atoms with van der Waals surface area (Å²) < 4.78 is 0. The van der Waals surface area contributed by atoms with Crippen molar-refractivity contribution in [3.05, 3.63) is 0 Å². The molecule has 1 amide bonds. The number of piperidine rings is 1. The van der Waals surface area contributed by atoms with E-state index in [2.05, 4.69) is 0 Å². The fourth-order valence-corrected chi connectivity index (χ4v) is 3.26. The molecular formula is C14H23NO3. The second kappa shape index (κ2) is 6.21. The van der Waals surface area contributed by atoms with E-state index in [0.29, 0.717) is 25.3 Å². The number of likely N-dealkylation sites (tertiary alicyclic amines) is 1. The van der Waals surface area contributed by atoms with Crippen LogP contribution in [0, 0.1) is 5.92 Å². The summed E-state index contributed by atoms with van der Waals surface area (Å²) in [5.41, 5.74) is 0. The van der Waals surface area contributed by atoms with Gasteiger partial charge < -0.3 is 10.0 Å². The number of carbonyl (C=O) groups is 2. The molecule has 4 heteroatoms. The predicted octanol–water partition coefficient (Wildman–Crippen LogP) is 2.42. The van der Waals surface area contributed by atoms with Gasteiger partial charge in [-0.25, -0.2) is 4.79 Å². The Bertz CT molecular complexity index is 310. The summed E-state index contributed by atoms with van der Waals surface area (Å²) in [4.78, 5) is 24.9. The van der Waals surface area contributed by atoms with Crippen LogP contribution in [-0.4, -0.2) is 34.5 Å². The molecular weight excluding hydrogens is 230 g/mol. The Balaban J connectivity index is 1.83. The first kappa shape index (κ1) is 13.4. The maximum atomic E-state index is 12.1. The highest BCUT2D eigenvalue weighted by molar-refractivity contribution is 5.83. The maximum absolute atomic E-state index is 12.1. The third kappa shape index (κ3) is 3.24. The molecule has 0 unspecified atom stereocenters. The van der Waals surface area contributed by atoms with Gasteiger partial charge in [-0.1, -0.05) is 25.7 Å². The molecule has 0 aromatic rings. The minimum absolute atomic E-state index is 0.0500. The largest absolute Gasteiger partial charge is 0.480 e. The Morgan fingerprint density at radius 1 is 1.06 bits per heavy atom. The molecule has 1 saturated heterocycles. The number of carboxylic acids is 1. The van der Waals surface area contributed by atoms with Gasteiger partial charge in [0.1, 0.15) is 6.04 Å². The van der Waals surface area contributed by atoms with E-state index >= 15 is 0 Å². The van der Waals surface area contributed by atoms with Crippen LogP contribution >= 0.6 is 0 Å². The molecule has 2 fully saturated rings. The quantitative estimate of drug-likeness (QED) is 0.837. The fourth-order valence-electron chi connectivity index (χ4n) is 3.26. The van der Waals surface area contributed by atoms with Crippen LogP contribution in [0.1, 0.15) is 57.8 Å². The third-order valence-corrected chi connectivity index (χ3v) is 4.35. The second-order valence-electron chi connectivity index (χ2n) is 5.63. The van der Waals surface area contributed by atoms with Gasteiger partial charge in [-0.05, 0) is 31.6 Å². The Kier molecular flexibility index (Phi) is 4.61. The van der Waals surface area contributed by atoms with E-state index in [-0.39, 0.29) is 5.91 Å². The zero-order valence-corrected chi connectivity index (χ0v) is 10.9. The number of hydrogen-bond acceptors (Lipinski definition) is 2. The Labute approximate surface area is 108 Å². The standard InChI is InChI=1S/C14H23NO3/c16-13(9-8-11-5-1-2-6-11)15-10-4-3-7-12(15)14(17)18/h11-12H,1-10H2,(H,17,18)/t12-/m1/s1. The number of aliphatic carboxylic acids is 1. The molecule has 1 aliphatic carbocycles. The van der Waals surface area contributed by atoms with Gasteiger partial charge in [0.2, 0.25) is 5.91 Å². The van der Waals surface area contributed by atoms with E-state index in [4.69, 9.17) is 5.11 Å². The molecule has 1 heterocycles. The van der Waals surface area contributed by atoms with Crippen molar-refractivity contribution < 1.29 is 14.7 Å². The lowest BCUT2D eigenvalue weighted by Crippen LogP contribution is -2.48. The van der Waals surface area contributed by atoms with Crippen molar-refractivity contribution in [1.82, 2.24) is 4.90 Å². The van der Waals surface area contributed by atoms with Crippen LogP contribution in [0.4, 0.5) is 0 Å². The van der Waals surface area contributed by atoms with Crippen molar-refractivity contribution in [2.24, 2.45) is 5.92 Å². The van der Waals surface area contributed by atoms with Crippen LogP contribution in [-0.2, 0) is 9.59 Å². The first-order chi connectivity index (χ1) is 8.68. The molecule has 2 aliphatic rings. The SMILES string of the molecule is O=C(O)[C@H]1CCCCN1C(=O)CCC1CCCC1. The van der Waals surface area contributed by atoms with Crippen molar-refractivity contribution in [1.29, 1.82) is 0 Å². The first-order valence-electron chi connectivity index (χ1n) is 7.21. The lowest BCUT2D eigenvalue weighted by molar-refractivity contribution is -0.152. The zero-order chi connectivity index (χ0) is 13.0. The Morgan fingerprint density at radius 2 is 1.72 bits per heavy atom. The molecule has 4 nitrogen and oxygen atoms in total. The molecule has 2 rings (SSSR count). The third-order valence-electron chi connectivity index (χ3n) is 4.35. The molecule has 1 atom stereocenters. The van der Waals surface area contributed by atoms with Crippen molar-refractivity contribution in [3.63, 3.8) is 0 Å². The monoisotopic (exact) mass is 253 g/mol. The van der Waals surface area contributed by atoms with Gasteiger partial charge in [0, 0.05) is 13.0 Å². The fraction of sp³-hybridized carbons (Fsp3) is 0.857. The Morgan fingerprint density at radius 3 is 2.39 bits per heavy atom. The molecule has 18 heavy (non-hydrogen) atoms. The molecule has 0 aromatic heterocycles. The molecule has 0 aromatic carbocycles. The van der Waals surface area contributed by atoms with Gasteiger partial charge in [-0.15, -0.1) is 0 Å². The van der Waals surface area contributed by atoms with Crippen LogP contribution in [0.2, 0.25) is 0 Å². The van der Waals surface area contributed by atoms with E-state index in [1.807, 2.05) is 0 Å². The summed E-state index contributed by atoms with van der Waals surface area (Å²) in [5, 5.41) is 9.14. The van der Waals surface area contributed by atoms with Crippen molar-refractivity contribution in [3.8, 4) is 0 Å². The van der Waals surface area contributed by atoms with Gasteiger partial charge in [-0.2, -0.15) is 0 Å². The molecule has 0 bridgehead atoms. The van der Waals surface area contributed by atoms with Gasteiger partial charge in [0.15, 0.2) is 0 Å². The van der Waals surface area contributed by atoms with E-state index in [1.165, 1.54) is 25.7 Å². The zero-order valence-electron chi connectivity index (χ0n) is 10.9. The lowest BCUT2D eigenvalue weighted by atomic mass is 9.98. The number of carbonyl (C=O) groups excluding carboxylic acids is 1. The van der Waals surface area contributed by atoms with E-state index < -0.39 is 12.0 Å². The number of amides is 1. The van der Waals surface area contributed by atoms with Gasteiger partial charge in [0.05, 0.1) is 0 Å². The molecule has 1 aliphatic heterocycles. The summed E-state index contributed by atoms with van der Waals surface area (Å²) in [5.74, 6) is -0.0973. The molecule has 1 N–H and O–H groups in total. The average Bonchev–Trinajstić information content (AvgIpc) is 2.89. The smallest absolute Gasteiger partial charge is 0.326 e. The molecule has 0 spiro atoms. The van der Waals surface area contributed by atoms with Crippen molar-refractivity contribution in [2.75, 3.05) is 6.54 Å². The summed E-state index contributed by atoms with van der Waals surface area (Å²) >= 11 is 0. The number of rotatable bonds is 4. The second-order valence-corrected chi connectivity index (χ2v) is 5.63. The first-order valence-corrected chi connectivity index (χ1v) is 7.21. The number of hydrogen-bond donors (Lipinski definition) is 1. The maximum Gasteiger partial charge on any atom is 0.326 e. The Hall–Kier alpha value is -1.06. The van der Waals surface area contributed by atoms with Gasteiger partial charge in [0.25, 0.3) is 0 Å². The summed E-state index contributed by atoms with van der Waals surface area (Å²) in [6.45, 7) is 0.625. The van der Waals surface area contributed by atoms with Crippen LogP contribution in [0.3, 0.4) is 0 Å². The van der Waals surface area contributed by atoms with E-state index in [0.717, 1.165) is 19.3 Å². The summed E-state index contributed by atoms with van der Waals surface area (Å²) in [7, 11) is 0. The highest BCUT2D eigenvalue weighted by Crippen LogP contribution is 2.29. The summed E-state index contributed by atoms with van der Waals surface area (Å²) in [6.07, 6.45) is 9.04. The normalized spacial score (nSPS) is 25.3. The minimum atomic E-state index is -0.844. The van der Waals surface area contributed by atoms with Crippen LogP contribution < -0.4 is 0 Å². The van der Waals surface area contributed by atoms with Gasteiger partial charge >= 0.3 is 5.97 Å².